The summed E-state index contributed by atoms with van der Waals surface area (Å²) in [5.74, 6) is -1.87. The molecule has 0 amide bonds. The monoisotopic (exact) mass is 407 g/mol. The molecule has 146 valence electrons. The normalized spacial score (nSPS) is 11.3. The minimum atomic E-state index is -4.15. The first-order valence-electron chi connectivity index (χ1n) is 8.17. The Morgan fingerprint density at radius 3 is 2.21 bits per heavy atom. The fraction of sp³-hybridized carbons (Fsp3) is 0.100. The fourth-order valence-corrected chi connectivity index (χ4v) is 4.09. The number of rotatable bonds is 6. The van der Waals surface area contributed by atoms with Crippen molar-refractivity contribution in [3.8, 4) is 5.75 Å². The summed E-state index contributed by atoms with van der Waals surface area (Å²) in [7, 11) is -2.75. The van der Waals surface area contributed by atoms with Crippen molar-refractivity contribution in [2.75, 3.05) is 11.4 Å². The van der Waals surface area contributed by atoms with Gasteiger partial charge in [0.15, 0.2) is 0 Å². The van der Waals surface area contributed by atoms with E-state index in [0.29, 0.717) is 11.8 Å². The van der Waals surface area contributed by atoms with E-state index in [2.05, 4.69) is 0 Å². The van der Waals surface area contributed by atoms with E-state index < -0.39 is 34.0 Å². The summed E-state index contributed by atoms with van der Waals surface area (Å²) in [5.41, 5.74) is 0.102. The highest BCUT2D eigenvalue weighted by Crippen LogP contribution is 2.28. The van der Waals surface area contributed by atoms with Crippen LogP contribution in [0, 0.1) is 17.5 Å². The van der Waals surface area contributed by atoms with Crippen molar-refractivity contribution in [2.24, 2.45) is 0 Å². The van der Waals surface area contributed by atoms with Gasteiger partial charge in [0.05, 0.1) is 24.2 Å². The molecule has 0 radical (unpaired) electrons. The highest BCUT2D eigenvalue weighted by atomic mass is 32.2. The van der Waals surface area contributed by atoms with Gasteiger partial charge in [-0.15, -0.1) is 0 Å². The van der Waals surface area contributed by atoms with Crippen LogP contribution in [-0.4, -0.2) is 15.5 Å². The Morgan fingerprint density at radius 1 is 0.893 bits per heavy atom. The topological polar surface area (TPSA) is 46.6 Å². The molecule has 0 saturated heterocycles. The van der Waals surface area contributed by atoms with Crippen molar-refractivity contribution in [2.45, 2.75) is 11.4 Å². The molecule has 0 spiro atoms. The third-order valence-electron chi connectivity index (χ3n) is 4.07. The summed E-state index contributed by atoms with van der Waals surface area (Å²) in [6.07, 6.45) is 0. The molecule has 3 aromatic rings. The van der Waals surface area contributed by atoms with Gasteiger partial charge in [-0.1, -0.05) is 12.1 Å². The van der Waals surface area contributed by atoms with Crippen LogP contribution >= 0.6 is 0 Å². The smallest absolute Gasteiger partial charge is 0.264 e. The van der Waals surface area contributed by atoms with E-state index in [1.807, 2.05) is 0 Å². The predicted octanol–water partition coefficient (Wildman–Crippen LogP) is 4.51. The van der Waals surface area contributed by atoms with Crippen LogP contribution in [0.15, 0.2) is 71.6 Å². The first-order chi connectivity index (χ1) is 13.3. The average Bonchev–Trinajstić information content (AvgIpc) is 2.68. The zero-order valence-electron chi connectivity index (χ0n) is 14.8. The minimum Gasteiger partial charge on any atom is -0.497 e. The zero-order valence-corrected chi connectivity index (χ0v) is 15.6. The average molecular weight is 407 g/mol. The molecule has 0 fully saturated rings. The number of anilines is 1. The summed E-state index contributed by atoms with van der Waals surface area (Å²) in [6.45, 7) is -0.405. The fourth-order valence-electron chi connectivity index (χ4n) is 2.62. The Bertz CT molecular complexity index is 1090. The molecule has 0 aliphatic heterocycles. The molecule has 0 aliphatic carbocycles. The molecule has 0 saturated carbocycles. The van der Waals surface area contributed by atoms with Gasteiger partial charge >= 0.3 is 0 Å². The molecule has 0 unspecified atom stereocenters. The van der Waals surface area contributed by atoms with E-state index in [1.165, 1.54) is 43.5 Å². The molecule has 3 rings (SSSR count). The van der Waals surface area contributed by atoms with Crippen molar-refractivity contribution in [1.29, 1.82) is 0 Å². The Labute approximate surface area is 160 Å². The van der Waals surface area contributed by atoms with Gasteiger partial charge in [0, 0.05) is 17.7 Å². The number of benzene rings is 3. The Kier molecular flexibility index (Phi) is 5.60. The van der Waals surface area contributed by atoms with Gasteiger partial charge in [-0.05, 0) is 42.5 Å². The lowest BCUT2D eigenvalue weighted by Gasteiger charge is -2.25. The molecule has 8 heteroatoms. The number of ether oxygens (including phenoxy) is 1. The maximum atomic E-state index is 14.2. The van der Waals surface area contributed by atoms with Crippen molar-refractivity contribution in [1.82, 2.24) is 0 Å². The van der Waals surface area contributed by atoms with Gasteiger partial charge in [0.1, 0.15) is 23.2 Å². The maximum absolute atomic E-state index is 14.2. The zero-order chi connectivity index (χ0) is 20.3. The van der Waals surface area contributed by atoms with Gasteiger partial charge in [0.25, 0.3) is 10.0 Å². The second-order valence-corrected chi connectivity index (χ2v) is 7.77. The van der Waals surface area contributed by atoms with Crippen molar-refractivity contribution < 1.29 is 26.3 Å². The lowest BCUT2D eigenvalue weighted by atomic mass is 10.2. The summed E-state index contributed by atoms with van der Waals surface area (Å²) >= 11 is 0. The molecule has 28 heavy (non-hydrogen) atoms. The van der Waals surface area contributed by atoms with Crippen LogP contribution in [0.3, 0.4) is 0 Å². The van der Waals surface area contributed by atoms with E-state index in [4.69, 9.17) is 4.74 Å². The number of sulfonamides is 1. The summed E-state index contributed by atoms with van der Waals surface area (Å²) in [6, 6.07) is 13.4. The van der Waals surface area contributed by atoms with E-state index in [0.717, 1.165) is 22.5 Å². The molecule has 0 aromatic heterocycles. The third-order valence-corrected chi connectivity index (χ3v) is 5.84. The third kappa shape index (κ3) is 4.12. The van der Waals surface area contributed by atoms with E-state index >= 15 is 0 Å². The van der Waals surface area contributed by atoms with Gasteiger partial charge in [-0.3, -0.25) is 4.31 Å². The summed E-state index contributed by atoms with van der Waals surface area (Å²) in [4.78, 5) is -0.0845. The largest absolute Gasteiger partial charge is 0.497 e. The van der Waals surface area contributed by atoms with Crippen LogP contribution in [-0.2, 0) is 16.6 Å². The van der Waals surface area contributed by atoms with Crippen molar-refractivity contribution in [3.05, 3.63) is 89.7 Å². The van der Waals surface area contributed by atoms with Crippen LogP contribution in [0.1, 0.15) is 5.56 Å². The second kappa shape index (κ2) is 7.93. The Morgan fingerprint density at radius 2 is 1.57 bits per heavy atom. The van der Waals surface area contributed by atoms with E-state index in [9.17, 15) is 21.6 Å². The van der Waals surface area contributed by atoms with Crippen molar-refractivity contribution in [3.63, 3.8) is 0 Å². The standard InChI is InChI=1S/C20H16F3NO3S/c1-27-18-3-2-4-19(12-18)28(25,26)24(17-9-7-15(21)8-10-17)13-14-5-6-16(22)11-20(14)23/h2-12H,13H2,1H3. The SMILES string of the molecule is COc1cccc(S(=O)(=O)N(Cc2ccc(F)cc2F)c2ccc(F)cc2)c1. The molecular formula is C20H16F3NO3S. The van der Waals surface area contributed by atoms with Crippen molar-refractivity contribution >= 4 is 15.7 Å². The summed E-state index contributed by atoms with van der Waals surface area (Å²) < 4.78 is 73.2. The lowest BCUT2D eigenvalue weighted by Crippen LogP contribution is -2.31. The number of methoxy groups -OCH3 is 1. The van der Waals surface area contributed by atoms with E-state index in [1.54, 1.807) is 6.07 Å². The van der Waals surface area contributed by atoms with Gasteiger partial charge in [0.2, 0.25) is 0 Å². The van der Waals surface area contributed by atoms with Crippen LogP contribution < -0.4 is 9.04 Å². The number of hydrogen-bond acceptors (Lipinski definition) is 3. The second-order valence-electron chi connectivity index (χ2n) is 5.90. The number of nitrogens with zero attached hydrogens (tertiary/aromatic N) is 1. The Hall–Kier alpha value is -3.00. The lowest BCUT2D eigenvalue weighted by molar-refractivity contribution is 0.413. The summed E-state index contributed by atoms with van der Waals surface area (Å²) in [5, 5.41) is 0. The van der Waals surface area contributed by atoms with Crippen LogP contribution in [0.2, 0.25) is 0 Å². The highest BCUT2D eigenvalue weighted by Gasteiger charge is 2.27. The predicted molar refractivity (Wildman–Crippen MR) is 99.1 cm³/mol. The first-order valence-corrected chi connectivity index (χ1v) is 9.61. The molecule has 3 aromatic carbocycles. The quantitative estimate of drug-likeness (QED) is 0.604. The number of hydrogen-bond donors (Lipinski definition) is 0. The molecule has 4 nitrogen and oxygen atoms in total. The van der Waals surface area contributed by atoms with Gasteiger partial charge < -0.3 is 4.74 Å². The molecular weight excluding hydrogens is 391 g/mol. The van der Waals surface area contributed by atoms with Crippen LogP contribution in [0.4, 0.5) is 18.9 Å². The molecule has 0 heterocycles. The molecule has 0 aliphatic rings. The minimum absolute atomic E-state index is 0.0304. The number of halogens is 3. The molecule has 0 N–H and O–H groups in total. The van der Waals surface area contributed by atoms with Gasteiger partial charge in [-0.25, -0.2) is 21.6 Å². The maximum Gasteiger partial charge on any atom is 0.264 e. The highest BCUT2D eigenvalue weighted by molar-refractivity contribution is 7.92. The van der Waals surface area contributed by atoms with Gasteiger partial charge in [-0.2, -0.15) is 0 Å². The Balaban J connectivity index is 2.10. The van der Waals surface area contributed by atoms with Crippen LogP contribution in [0.5, 0.6) is 5.75 Å². The molecule has 0 bridgehead atoms. The van der Waals surface area contributed by atoms with E-state index in [-0.39, 0.29) is 16.1 Å². The molecule has 0 atom stereocenters. The first kappa shape index (κ1) is 19.8. The van der Waals surface area contributed by atoms with Crippen LogP contribution in [0.25, 0.3) is 0 Å².